The standard InChI is InChI=1S/C22H24N2O3.H2S/c1-15-4-2-3-5-19(15)14-24-11-10-22(21(24)26)9-8-16-12-17(20(25)23-27)6-7-18(16)13-22;/h2-7,12,27H,8-11,13-14H2,1H3,(H,23,25);1H2/t22-;/m1./s1. The average molecular weight is 399 g/mol. The minimum absolute atomic E-state index is 0. The van der Waals surface area contributed by atoms with Crippen LogP contribution in [-0.2, 0) is 24.2 Å². The van der Waals surface area contributed by atoms with Crippen LogP contribution in [-0.4, -0.2) is 28.5 Å². The Balaban J connectivity index is 0.00000225. The van der Waals surface area contributed by atoms with E-state index in [4.69, 9.17) is 5.21 Å². The second-order valence-electron chi connectivity index (χ2n) is 7.78. The molecule has 0 saturated carbocycles. The highest BCUT2D eigenvalue weighted by Crippen LogP contribution is 2.44. The molecule has 1 spiro atoms. The number of hydroxylamine groups is 1. The van der Waals surface area contributed by atoms with Gasteiger partial charge in [0.2, 0.25) is 5.91 Å². The Morgan fingerprint density at radius 3 is 2.71 bits per heavy atom. The van der Waals surface area contributed by atoms with Gasteiger partial charge < -0.3 is 4.90 Å². The largest absolute Gasteiger partial charge is 0.338 e. The monoisotopic (exact) mass is 398 g/mol. The van der Waals surface area contributed by atoms with Crippen molar-refractivity contribution in [1.29, 1.82) is 0 Å². The molecule has 0 unspecified atom stereocenters. The third-order valence-electron chi connectivity index (χ3n) is 6.20. The summed E-state index contributed by atoms with van der Waals surface area (Å²) in [6.07, 6.45) is 3.21. The number of hydrogen-bond acceptors (Lipinski definition) is 3. The third-order valence-corrected chi connectivity index (χ3v) is 6.20. The number of rotatable bonds is 3. The Kier molecular flexibility index (Phi) is 5.82. The maximum Gasteiger partial charge on any atom is 0.274 e. The van der Waals surface area contributed by atoms with Crippen molar-refractivity contribution in [3.63, 3.8) is 0 Å². The normalized spacial score (nSPS) is 20.6. The number of aryl methyl sites for hydroxylation is 2. The number of carbonyl (C=O) groups is 2. The van der Waals surface area contributed by atoms with E-state index >= 15 is 0 Å². The van der Waals surface area contributed by atoms with Crippen molar-refractivity contribution in [3.8, 4) is 0 Å². The number of benzene rings is 2. The van der Waals surface area contributed by atoms with E-state index < -0.39 is 5.91 Å². The molecule has 5 nitrogen and oxygen atoms in total. The molecular weight excluding hydrogens is 372 g/mol. The van der Waals surface area contributed by atoms with Gasteiger partial charge in [-0.05, 0) is 67.0 Å². The van der Waals surface area contributed by atoms with E-state index in [-0.39, 0.29) is 24.8 Å². The van der Waals surface area contributed by atoms with Crippen LogP contribution in [0.15, 0.2) is 42.5 Å². The summed E-state index contributed by atoms with van der Waals surface area (Å²) in [5, 5.41) is 8.81. The lowest BCUT2D eigenvalue weighted by Gasteiger charge is -2.33. The van der Waals surface area contributed by atoms with Crippen LogP contribution in [0.1, 0.15) is 45.5 Å². The number of nitrogens with one attached hydrogen (secondary N) is 1. The molecule has 6 heteroatoms. The van der Waals surface area contributed by atoms with E-state index in [0.29, 0.717) is 12.1 Å². The van der Waals surface area contributed by atoms with E-state index in [1.165, 1.54) is 11.1 Å². The Hall–Kier alpha value is -2.31. The van der Waals surface area contributed by atoms with Crippen LogP contribution in [0.4, 0.5) is 0 Å². The number of amides is 2. The molecule has 4 rings (SSSR count). The predicted molar refractivity (Wildman–Crippen MR) is 112 cm³/mol. The lowest BCUT2D eigenvalue weighted by atomic mass is 9.70. The second kappa shape index (κ2) is 7.97. The van der Waals surface area contributed by atoms with Crippen LogP contribution < -0.4 is 5.48 Å². The first kappa shape index (κ1) is 20.4. The highest BCUT2D eigenvalue weighted by atomic mass is 32.1. The van der Waals surface area contributed by atoms with Crippen molar-refractivity contribution in [3.05, 3.63) is 70.3 Å². The number of hydrogen-bond donors (Lipinski definition) is 2. The summed E-state index contributed by atoms with van der Waals surface area (Å²) in [4.78, 5) is 26.9. The van der Waals surface area contributed by atoms with E-state index in [2.05, 4.69) is 19.1 Å². The van der Waals surface area contributed by atoms with Gasteiger partial charge in [0.1, 0.15) is 0 Å². The maximum atomic E-state index is 13.3. The number of carbonyl (C=O) groups excluding carboxylic acids is 2. The second-order valence-corrected chi connectivity index (χ2v) is 7.78. The zero-order valence-corrected chi connectivity index (χ0v) is 17.0. The summed E-state index contributed by atoms with van der Waals surface area (Å²) in [6.45, 7) is 3.56. The quantitative estimate of drug-likeness (QED) is 0.616. The van der Waals surface area contributed by atoms with Crippen molar-refractivity contribution < 1.29 is 14.8 Å². The minimum Gasteiger partial charge on any atom is -0.338 e. The van der Waals surface area contributed by atoms with Gasteiger partial charge >= 0.3 is 0 Å². The molecule has 0 bridgehead atoms. The molecular formula is C22H26N2O3S. The van der Waals surface area contributed by atoms with Gasteiger partial charge in [0.25, 0.3) is 5.91 Å². The van der Waals surface area contributed by atoms with Crippen LogP contribution in [0.25, 0.3) is 0 Å². The van der Waals surface area contributed by atoms with Crippen LogP contribution in [0, 0.1) is 12.3 Å². The smallest absolute Gasteiger partial charge is 0.274 e. The van der Waals surface area contributed by atoms with Gasteiger partial charge in [-0.1, -0.05) is 30.3 Å². The number of likely N-dealkylation sites (tertiary alicyclic amines) is 1. The zero-order valence-electron chi connectivity index (χ0n) is 16.0. The maximum absolute atomic E-state index is 13.3. The van der Waals surface area contributed by atoms with Crippen LogP contribution >= 0.6 is 13.5 Å². The van der Waals surface area contributed by atoms with Crippen molar-refractivity contribution in [2.24, 2.45) is 5.41 Å². The molecule has 28 heavy (non-hydrogen) atoms. The highest BCUT2D eigenvalue weighted by Gasteiger charge is 2.48. The highest BCUT2D eigenvalue weighted by molar-refractivity contribution is 7.59. The van der Waals surface area contributed by atoms with Gasteiger partial charge in [0.15, 0.2) is 0 Å². The van der Waals surface area contributed by atoms with E-state index in [1.807, 2.05) is 29.2 Å². The van der Waals surface area contributed by atoms with Crippen LogP contribution in [0.3, 0.4) is 0 Å². The topological polar surface area (TPSA) is 69.6 Å². The molecule has 1 saturated heterocycles. The fourth-order valence-corrected chi connectivity index (χ4v) is 4.50. The molecule has 1 aliphatic heterocycles. The molecule has 1 atom stereocenters. The van der Waals surface area contributed by atoms with Gasteiger partial charge in [0, 0.05) is 18.7 Å². The SMILES string of the molecule is Cc1ccccc1CN1CC[C@@]2(CCc3cc(C(=O)NO)ccc3C2)C1=O.S. The molecule has 0 aromatic heterocycles. The first-order chi connectivity index (χ1) is 13.0. The van der Waals surface area contributed by atoms with E-state index in [0.717, 1.165) is 43.4 Å². The molecule has 1 fully saturated rings. The van der Waals surface area contributed by atoms with Gasteiger partial charge in [0.05, 0.1) is 5.41 Å². The van der Waals surface area contributed by atoms with Gasteiger partial charge in [-0.2, -0.15) is 13.5 Å². The molecule has 2 amide bonds. The minimum atomic E-state index is -0.501. The molecule has 1 heterocycles. The molecule has 2 aliphatic rings. The first-order valence-corrected chi connectivity index (χ1v) is 9.42. The number of nitrogens with zero attached hydrogens (tertiary/aromatic N) is 1. The summed E-state index contributed by atoms with van der Waals surface area (Å²) in [5.41, 5.74) is 6.49. The van der Waals surface area contributed by atoms with Crippen LogP contribution in [0.2, 0.25) is 0 Å². The fourth-order valence-electron chi connectivity index (χ4n) is 4.50. The fraction of sp³-hybridized carbons (Fsp3) is 0.364. The Bertz CT molecular complexity index is 914. The average Bonchev–Trinajstić information content (AvgIpc) is 2.98. The summed E-state index contributed by atoms with van der Waals surface area (Å²) >= 11 is 0. The first-order valence-electron chi connectivity index (χ1n) is 9.42. The summed E-state index contributed by atoms with van der Waals surface area (Å²) in [5.74, 6) is -0.243. The van der Waals surface area contributed by atoms with Crippen molar-refractivity contribution in [2.45, 2.75) is 39.2 Å². The summed E-state index contributed by atoms with van der Waals surface area (Å²) in [7, 11) is 0. The van der Waals surface area contributed by atoms with Gasteiger partial charge in [-0.25, -0.2) is 5.48 Å². The Labute approximate surface area is 172 Å². The molecule has 148 valence electrons. The lowest BCUT2D eigenvalue weighted by Crippen LogP contribution is -2.38. The molecule has 1 aliphatic carbocycles. The van der Waals surface area contributed by atoms with Crippen LogP contribution in [0.5, 0.6) is 0 Å². The summed E-state index contributed by atoms with van der Waals surface area (Å²) in [6, 6.07) is 13.7. The molecule has 0 radical (unpaired) electrons. The van der Waals surface area contributed by atoms with Crippen molar-refractivity contribution in [2.75, 3.05) is 6.54 Å². The van der Waals surface area contributed by atoms with Gasteiger partial charge in [-0.15, -0.1) is 0 Å². The van der Waals surface area contributed by atoms with E-state index in [1.54, 1.807) is 11.5 Å². The van der Waals surface area contributed by atoms with E-state index in [9.17, 15) is 9.59 Å². The Morgan fingerprint density at radius 1 is 1.18 bits per heavy atom. The molecule has 2 aromatic carbocycles. The molecule has 2 aromatic rings. The van der Waals surface area contributed by atoms with Crippen molar-refractivity contribution >= 4 is 25.3 Å². The number of fused-ring (bicyclic) bond motifs is 1. The summed E-state index contributed by atoms with van der Waals surface area (Å²) < 4.78 is 0. The lowest BCUT2D eigenvalue weighted by molar-refractivity contribution is -0.137. The zero-order chi connectivity index (χ0) is 19.0. The molecule has 2 N–H and O–H groups in total. The third kappa shape index (κ3) is 3.54. The Morgan fingerprint density at radius 2 is 1.96 bits per heavy atom. The predicted octanol–water partition coefficient (Wildman–Crippen LogP) is 3.13. The van der Waals surface area contributed by atoms with Crippen molar-refractivity contribution in [1.82, 2.24) is 10.4 Å². The van der Waals surface area contributed by atoms with Gasteiger partial charge in [-0.3, -0.25) is 14.8 Å².